The Morgan fingerprint density at radius 2 is 1.56 bits per heavy atom. The van der Waals surface area contributed by atoms with E-state index in [0.29, 0.717) is 16.8 Å². The summed E-state index contributed by atoms with van der Waals surface area (Å²) in [6.07, 6.45) is -0.721. The van der Waals surface area contributed by atoms with E-state index in [-0.39, 0.29) is 11.3 Å². The first kappa shape index (κ1) is 31.8. The molecule has 10 heteroatoms. The quantitative estimate of drug-likeness (QED) is 0.233. The van der Waals surface area contributed by atoms with Crippen LogP contribution in [0.2, 0.25) is 0 Å². The standard InChI is InChI=1S/C31H35BrFN3O5/c1-17-13-22(32)14-18(2)26(17)36-30(39)34-25-16-21(20-9-8-10-23(33)15-20)11-12-24(25)28(37)35-27(29(38)40-7)19(3)41-31(4,5)6/h8-16,19,27H,1-7H3,(H,35,37)(H2,34,36,39)/t19-,27+/m1/s1. The number of esters is 1. The molecule has 3 rings (SSSR count). The molecule has 0 saturated heterocycles. The van der Waals surface area contributed by atoms with Crippen LogP contribution in [0.5, 0.6) is 0 Å². The van der Waals surface area contributed by atoms with Gasteiger partial charge in [-0.3, -0.25) is 4.79 Å². The van der Waals surface area contributed by atoms with E-state index in [9.17, 15) is 18.8 Å². The average molecular weight is 629 g/mol. The Morgan fingerprint density at radius 3 is 2.15 bits per heavy atom. The minimum Gasteiger partial charge on any atom is -0.467 e. The number of carbonyl (C=O) groups is 3. The van der Waals surface area contributed by atoms with Crippen molar-refractivity contribution in [2.45, 2.75) is 59.3 Å². The van der Waals surface area contributed by atoms with Crippen molar-refractivity contribution in [3.8, 4) is 11.1 Å². The summed E-state index contributed by atoms with van der Waals surface area (Å²) in [5.74, 6) is -1.74. The second-order valence-corrected chi connectivity index (χ2v) is 11.6. The van der Waals surface area contributed by atoms with E-state index in [1.165, 1.54) is 25.3 Å². The predicted molar refractivity (Wildman–Crippen MR) is 162 cm³/mol. The highest BCUT2D eigenvalue weighted by molar-refractivity contribution is 9.10. The first-order valence-corrected chi connectivity index (χ1v) is 13.8. The molecule has 218 valence electrons. The fraction of sp³-hybridized carbons (Fsp3) is 0.323. The molecule has 0 aliphatic carbocycles. The van der Waals surface area contributed by atoms with Gasteiger partial charge in [0.15, 0.2) is 6.04 Å². The maximum absolute atomic E-state index is 14.0. The monoisotopic (exact) mass is 627 g/mol. The molecule has 8 nitrogen and oxygen atoms in total. The zero-order valence-electron chi connectivity index (χ0n) is 24.1. The SMILES string of the molecule is COC(=O)[C@@H](NC(=O)c1ccc(-c2cccc(F)c2)cc1NC(=O)Nc1c(C)cc(Br)cc1C)[C@@H](C)OC(C)(C)C. The van der Waals surface area contributed by atoms with Gasteiger partial charge in [0.25, 0.3) is 5.91 Å². The highest BCUT2D eigenvalue weighted by atomic mass is 79.9. The lowest BCUT2D eigenvalue weighted by atomic mass is 10.0. The number of benzene rings is 3. The molecule has 0 unspecified atom stereocenters. The molecule has 3 amide bonds. The molecule has 41 heavy (non-hydrogen) atoms. The van der Waals surface area contributed by atoms with Crippen LogP contribution in [0.3, 0.4) is 0 Å². The van der Waals surface area contributed by atoms with Crippen molar-refractivity contribution in [1.82, 2.24) is 5.32 Å². The molecule has 0 fully saturated rings. The molecular formula is C31H35BrFN3O5. The summed E-state index contributed by atoms with van der Waals surface area (Å²) in [6, 6.07) is 12.7. The lowest BCUT2D eigenvalue weighted by Gasteiger charge is -2.30. The average Bonchev–Trinajstić information content (AvgIpc) is 2.87. The molecule has 2 atom stereocenters. The predicted octanol–water partition coefficient (Wildman–Crippen LogP) is 6.99. The molecule has 0 aliphatic rings. The summed E-state index contributed by atoms with van der Waals surface area (Å²) in [7, 11) is 1.22. The number of carbonyl (C=O) groups excluding carboxylic acids is 3. The third-order valence-electron chi connectivity index (χ3n) is 6.16. The van der Waals surface area contributed by atoms with Crippen LogP contribution in [0.4, 0.5) is 20.6 Å². The molecule has 3 aromatic rings. The van der Waals surface area contributed by atoms with Gasteiger partial charge in [-0.05, 0) is 100 Å². The molecular weight excluding hydrogens is 593 g/mol. The molecule has 0 saturated carbocycles. The number of aryl methyl sites for hydroxylation is 2. The van der Waals surface area contributed by atoms with Crippen LogP contribution in [0, 0.1) is 19.7 Å². The summed E-state index contributed by atoms with van der Waals surface area (Å²) in [4.78, 5) is 39.3. The van der Waals surface area contributed by atoms with Gasteiger partial charge in [-0.15, -0.1) is 0 Å². The highest BCUT2D eigenvalue weighted by Gasteiger charge is 2.32. The van der Waals surface area contributed by atoms with Crippen LogP contribution in [0.25, 0.3) is 11.1 Å². The summed E-state index contributed by atoms with van der Waals surface area (Å²) in [6.45, 7) is 10.9. The number of halogens is 2. The lowest BCUT2D eigenvalue weighted by molar-refractivity contribution is -0.150. The molecule has 0 heterocycles. The normalized spacial score (nSPS) is 12.7. The summed E-state index contributed by atoms with van der Waals surface area (Å²) < 4.78 is 25.7. The van der Waals surface area contributed by atoms with E-state index in [1.54, 1.807) is 31.2 Å². The van der Waals surface area contributed by atoms with Gasteiger partial charge in [-0.25, -0.2) is 14.0 Å². The number of hydrogen-bond acceptors (Lipinski definition) is 5. The Balaban J connectivity index is 1.98. The van der Waals surface area contributed by atoms with Crippen molar-refractivity contribution in [3.63, 3.8) is 0 Å². The largest absolute Gasteiger partial charge is 0.467 e. The van der Waals surface area contributed by atoms with Crippen molar-refractivity contribution in [1.29, 1.82) is 0 Å². The Bertz CT molecular complexity index is 1430. The third kappa shape index (κ3) is 8.61. The van der Waals surface area contributed by atoms with Crippen LogP contribution in [-0.4, -0.2) is 42.8 Å². The minimum atomic E-state index is -1.12. The number of urea groups is 1. The number of methoxy groups -OCH3 is 1. The summed E-state index contributed by atoms with van der Waals surface area (Å²) >= 11 is 3.45. The van der Waals surface area contributed by atoms with E-state index in [0.717, 1.165) is 15.6 Å². The van der Waals surface area contributed by atoms with Crippen molar-refractivity contribution in [2.24, 2.45) is 0 Å². The van der Waals surface area contributed by atoms with Crippen LogP contribution >= 0.6 is 15.9 Å². The number of nitrogens with one attached hydrogen (secondary N) is 3. The molecule has 0 spiro atoms. The van der Waals surface area contributed by atoms with Gasteiger partial charge in [0.1, 0.15) is 5.82 Å². The molecule has 0 bridgehead atoms. The van der Waals surface area contributed by atoms with Crippen molar-refractivity contribution >= 4 is 45.2 Å². The number of anilines is 2. The van der Waals surface area contributed by atoms with Gasteiger partial charge in [0.2, 0.25) is 0 Å². The first-order chi connectivity index (χ1) is 19.2. The zero-order valence-corrected chi connectivity index (χ0v) is 25.7. The van der Waals surface area contributed by atoms with E-state index in [1.807, 2.05) is 46.8 Å². The van der Waals surface area contributed by atoms with Gasteiger partial charge in [0.05, 0.1) is 30.1 Å². The second-order valence-electron chi connectivity index (χ2n) is 10.7. The van der Waals surface area contributed by atoms with E-state index < -0.39 is 41.5 Å². The minimum absolute atomic E-state index is 0.0846. The van der Waals surface area contributed by atoms with Crippen molar-refractivity contribution in [2.75, 3.05) is 17.7 Å². The second kappa shape index (κ2) is 13.3. The van der Waals surface area contributed by atoms with Gasteiger partial charge in [-0.1, -0.05) is 34.1 Å². The van der Waals surface area contributed by atoms with Gasteiger partial charge < -0.3 is 25.4 Å². The van der Waals surface area contributed by atoms with Gasteiger partial charge >= 0.3 is 12.0 Å². The molecule has 3 aromatic carbocycles. The lowest BCUT2D eigenvalue weighted by Crippen LogP contribution is -2.51. The fourth-order valence-electron chi connectivity index (χ4n) is 4.41. The van der Waals surface area contributed by atoms with Crippen LogP contribution in [0.15, 0.2) is 59.1 Å². The Labute approximate surface area is 248 Å². The van der Waals surface area contributed by atoms with E-state index >= 15 is 0 Å². The molecule has 0 aliphatic heterocycles. The van der Waals surface area contributed by atoms with E-state index in [4.69, 9.17) is 9.47 Å². The fourth-order valence-corrected chi connectivity index (χ4v) is 5.09. The van der Waals surface area contributed by atoms with Crippen molar-refractivity contribution in [3.05, 3.63) is 81.6 Å². The zero-order chi connectivity index (χ0) is 30.5. The van der Waals surface area contributed by atoms with Gasteiger partial charge in [0, 0.05) is 10.2 Å². The number of ether oxygens (including phenoxy) is 2. The molecule has 0 radical (unpaired) electrons. The maximum Gasteiger partial charge on any atom is 0.331 e. The van der Waals surface area contributed by atoms with E-state index in [2.05, 4.69) is 31.9 Å². The summed E-state index contributed by atoms with van der Waals surface area (Å²) in [5, 5.41) is 8.29. The smallest absolute Gasteiger partial charge is 0.331 e. The van der Waals surface area contributed by atoms with Crippen LogP contribution in [-0.2, 0) is 14.3 Å². The van der Waals surface area contributed by atoms with Crippen LogP contribution in [0.1, 0.15) is 49.2 Å². The highest BCUT2D eigenvalue weighted by Crippen LogP contribution is 2.29. The summed E-state index contributed by atoms with van der Waals surface area (Å²) in [5.41, 5.74) is 3.08. The van der Waals surface area contributed by atoms with Crippen LogP contribution < -0.4 is 16.0 Å². The topological polar surface area (TPSA) is 106 Å². The number of hydrogen-bond donors (Lipinski definition) is 3. The van der Waals surface area contributed by atoms with Crippen molar-refractivity contribution < 1.29 is 28.2 Å². The maximum atomic E-state index is 14.0. The molecule has 3 N–H and O–H groups in total. The Morgan fingerprint density at radius 1 is 0.927 bits per heavy atom. The molecule has 0 aromatic heterocycles. The Hall–Kier alpha value is -3.76. The number of amides is 3. The van der Waals surface area contributed by atoms with Gasteiger partial charge in [-0.2, -0.15) is 0 Å². The Kier molecular flexibility index (Phi) is 10.3. The first-order valence-electron chi connectivity index (χ1n) is 13.0. The third-order valence-corrected chi connectivity index (χ3v) is 6.61. The number of rotatable bonds is 8.